The van der Waals surface area contributed by atoms with Gasteiger partial charge in [-0.2, -0.15) is 0 Å². The molecule has 0 aromatic heterocycles. The monoisotopic (exact) mass is 280 g/mol. The topological polar surface area (TPSA) is 78.9 Å². The highest BCUT2D eigenvalue weighted by molar-refractivity contribution is 5.91. The van der Waals surface area contributed by atoms with E-state index in [-0.39, 0.29) is 12.6 Å². The molecule has 0 bridgehead atoms. The average molecular weight is 280 g/mol. The number of carboxylic acids is 1. The van der Waals surface area contributed by atoms with Crippen LogP contribution in [0.15, 0.2) is 24.3 Å². The van der Waals surface area contributed by atoms with Crippen LogP contribution in [0.5, 0.6) is 5.75 Å². The number of nitrogens with zero attached hydrogens (tertiary/aromatic N) is 1. The smallest absolute Gasteiger partial charge is 0.321 e. The van der Waals surface area contributed by atoms with Crippen molar-refractivity contribution < 1.29 is 19.4 Å². The van der Waals surface area contributed by atoms with Crippen molar-refractivity contribution in [3.05, 3.63) is 24.3 Å². The minimum absolute atomic E-state index is 0.160. The number of ether oxygens (including phenoxy) is 1. The van der Waals surface area contributed by atoms with Crippen molar-refractivity contribution in [1.29, 1.82) is 0 Å². The van der Waals surface area contributed by atoms with Crippen molar-refractivity contribution in [3.8, 4) is 5.75 Å². The first kappa shape index (κ1) is 15.8. The number of methoxy groups -OCH3 is 1. The molecule has 0 saturated heterocycles. The molecule has 6 nitrogen and oxygen atoms in total. The lowest BCUT2D eigenvalue weighted by Gasteiger charge is -2.23. The standard InChI is InChI=1S/C14H20N2O4/c1-4-16(9-10(2)13(17)18)14(19)15-11-7-5-6-8-12(11)20-3/h5-8,10H,4,9H2,1-3H3,(H,15,19)(H,17,18). The molecule has 1 aromatic rings. The summed E-state index contributed by atoms with van der Waals surface area (Å²) in [5, 5.41) is 11.6. The Morgan fingerprint density at radius 1 is 1.40 bits per heavy atom. The molecule has 0 saturated carbocycles. The number of para-hydroxylation sites is 2. The normalized spacial score (nSPS) is 11.6. The summed E-state index contributed by atoms with van der Waals surface area (Å²) in [4.78, 5) is 24.4. The SMILES string of the molecule is CCN(CC(C)C(=O)O)C(=O)Nc1ccccc1OC. The number of carboxylic acid groups (broad SMARTS) is 1. The summed E-state index contributed by atoms with van der Waals surface area (Å²) in [5.41, 5.74) is 0.557. The number of benzene rings is 1. The summed E-state index contributed by atoms with van der Waals surface area (Å²) in [6, 6.07) is 6.72. The third-order valence-corrected chi connectivity index (χ3v) is 2.93. The summed E-state index contributed by atoms with van der Waals surface area (Å²) in [7, 11) is 1.52. The Morgan fingerprint density at radius 2 is 2.05 bits per heavy atom. The number of hydrogen-bond acceptors (Lipinski definition) is 3. The number of amides is 2. The number of hydrogen-bond donors (Lipinski definition) is 2. The highest BCUT2D eigenvalue weighted by Gasteiger charge is 2.19. The number of rotatable bonds is 6. The molecule has 6 heteroatoms. The van der Waals surface area contributed by atoms with E-state index in [1.54, 1.807) is 38.1 Å². The van der Waals surface area contributed by atoms with Gasteiger partial charge in [-0.25, -0.2) is 4.79 Å². The van der Waals surface area contributed by atoms with E-state index in [9.17, 15) is 9.59 Å². The zero-order valence-electron chi connectivity index (χ0n) is 11.9. The lowest BCUT2D eigenvalue weighted by atomic mass is 10.2. The van der Waals surface area contributed by atoms with Crippen molar-refractivity contribution >= 4 is 17.7 Å². The number of aliphatic carboxylic acids is 1. The predicted molar refractivity (Wildman–Crippen MR) is 76.1 cm³/mol. The molecule has 2 amide bonds. The molecule has 1 unspecified atom stereocenters. The molecular formula is C14H20N2O4. The van der Waals surface area contributed by atoms with Crippen molar-refractivity contribution in [3.63, 3.8) is 0 Å². The van der Waals surface area contributed by atoms with Crippen LogP contribution in [0.25, 0.3) is 0 Å². The molecule has 0 aliphatic carbocycles. The van der Waals surface area contributed by atoms with E-state index in [0.29, 0.717) is 18.0 Å². The van der Waals surface area contributed by atoms with E-state index < -0.39 is 11.9 Å². The van der Waals surface area contributed by atoms with Crippen molar-refractivity contribution in [2.75, 3.05) is 25.5 Å². The number of carbonyl (C=O) groups excluding carboxylic acids is 1. The Hall–Kier alpha value is -2.24. The molecule has 20 heavy (non-hydrogen) atoms. The van der Waals surface area contributed by atoms with Crippen molar-refractivity contribution in [2.24, 2.45) is 5.92 Å². The Bertz CT molecular complexity index is 476. The van der Waals surface area contributed by atoms with Crippen LogP contribution in [0.2, 0.25) is 0 Å². The first-order chi connectivity index (χ1) is 9.49. The number of urea groups is 1. The quantitative estimate of drug-likeness (QED) is 0.837. The molecule has 0 radical (unpaired) electrons. The third kappa shape index (κ3) is 4.15. The molecule has 0 aliphatic rings. The fourth-order valence-corrected chi connectivity index (χ4v) is 1.71. The fourth-order valence-electron chi connectivity index (χ4n) is 1.71. The molecule has 1 atom stereocenters. The molecule has 0 spiro atoms. The largest absolute Gasteiger partial charge is 0.495 e. The first-order valence-electron chi connectivity index (χ1n) is 6.41. The van der Waals surface area contributed by atoms with Gasteiger partial charge in [0.15, 0.2) is 0 Å². The molecule has 2 N–H and O–H groups in total. The highest BCUT2D eigenvalue weighted by atomic mass is 16.5. The summed E-state index contributed by atoms with van der Waals surface area (Å²) < 4.78 is 5.15. The van der Waals surface area contributed by atoms with E-state index in [1.165, 1.54) is 12.0 Å². The first-order valence-corrected chi connectivity index (χ1v) is 6.41. The Kier molecular flexibility index (Phi) is 5.83. The second-order valence-corrected chi connectivity index (χ2v) is 4.41. The molecular weight excluding hydrogens is 260 g/mol. The third-order valence-electron chi connectivity index (χ3n) is 2.93. The van der Waals surface area contributed by atoms with Crippen LogP contribution in [0.4, 0.5) is 10.5 Å². The van der Waals surface area contributed by atoms with E-state index >= 15 is 0 Å². The lowest BCUT2D eigenvalue weighted by molar-refractivity contribution is -0.141. The summed E-state index contributed by atoms with van der Waals surface area (Å²) in [6.07, 6.45) is 0. The van der Waals surface area contributed by atoms with E-state index in [1.807, 2.05) is 0 Å². The lowest BCUT2D eigenvalue weighted by Crippen LogP contribution is -2.39. The van der Waals surface area contributed by atoms with Gasteiger partial charge < -0.3 is 20.1 Å². The van der Waals surface area contributed by atoms with Crippen LogP contribution >= 0.6 is 0 Å². The maximum atomic E-state index is 12.1. The fraction of sp³-hybridized carbons (Fsp3) is 0.429. The van der Waals surface area contributed by atoms with Crippen LogP contribution < -0.4 is 10.1 Å². The van der Waals surface area contributed by atoms with E-state index in [0.717, 1.165) is 0 Å². The Labute approximate surface area is 118 Å². The maximum Gasteiger partial charge on any atom is 0.321 e. The highest BCUT2D eigenvalue weighted by Crippen LogP contribution is 2.23. The van der Waals surface area contributed by atoms with E-state index in [2.05, 4.69) is 5.32 Å². The molecule has 1 aromatic carbocycles. The van der Waals surface area contributed by atoms with Gasteiger partial charge >= 0.3 is 12.0 Å². The number of anilines is 1. The molecule has 0 aliphatic heterocycles. The summed E-state index contributed by atoms with van der Waals surface area (Å²) in [5.74, 6) is -0.977. The van der Waals surface area contributed by atoms with Crippen LogP contribution in [-0.2, 0) is 4.79 Å². The molecule has 1 rings (SSSR count). The molecule has 0 heterocycles. The van der Waals surface area contributed by atoms with Crippen molar-refractivity contribution in [1.82, 2.24) is 4.90 Å². The molecule has 0 fully saturated rings. The average Bonchev–Trinajstić information content (AvgIpc) is 2.44. The Balaban J connectivity index is 2.74. The second kappa shape index (κ2) is 7.37. The van der Waals surface area contributed by atoms with Gasteiger partial charge in [-0.05, 0) is 19.1 Å². The van der Waals surface area contributed by atoms with E-state index in [4.69, 9.17) is 9.84 Å². The van der Waals surface area contributed by atoms with Gasteiger partial charge in [-0.3, -0.25) is 4.79 Å². The second-order valence-electron chi connectivity index (χ2n) is 4.41. The van der Waals surface area contributed by atoms with Crippen LogP contribution in [0.1, 0.15) is 13.8 Å². The van der Waals surface area contributed by atoms with Crippen LogP contribution in [0, 0.1) is 5.92 Å². The molecule has 110 valence electrons. The van der Waals surface area contributed by atoms with Gasteiger partial charge in [0.25, 0.3) is 0 Å². The number of nitrogens with one attached hydrogen (secondary N) is 1. The van der Waals surface area contributed by atoms with Crippen molar-refractivity contribution in [2.45, 2.75) is 13.8 Å². The number of carbonyl (C=O) groups is 2. The van der Waals surface area contributed by atoms with Gasteiger partial charge in [0.2, 0.25) is 0 Å². The van der Waals surface area contributed by atoms with Gasteiger partial charge in [0.1, 0.15) is 5.75 Å². The minimum atomic E-state index is -0.923. The van der Waals surface area contributed by atoms with Gasteiger partial charge in [-0.1, -0.05) is 19.1 Å². The summed E-state index contributed by atoms with van der Waals surface area (Å²) >= 11 is 0. The van der Waals surface area contributed by atoms with Crippen LogP contribution in [0.3, 0.4) is 0 Å². The predicted octanol–water partition coefficient (Wildman–Crippen LogP) is 2.27. The maximum absolute atomic E-state index is 12.1. The zero-order chi connectivity index (χ0) is 15.1. The summed E-state index contributed by atoms with van der Waals surface area (Å²) in [6.45, 7) is 3.96. The van der Waals surface area contributed by atoms with Gasteiger partial charge in [-0.15, -0.1) is 0 Å². The Morgan fingerprint density at radius 3 is 2.60 bits per heavy atom. The van der Waals surface area contributed by atoms with Gasteiger partial charge in [0, 0.05) is 13.1 Å². The van der Waals surface area contributed by atoms with Gasteiger partial charge in [0.05, 0.1) is 18.7 Å². The zero-order valence-corrected chi connectivity index (χ0v) is 11.9. The minimum Gasteiger partial charge on any atom is -0.495 e. The van der Waals surface area contributed by atoms with Crippen LogP contribution in [-0.4, -0.2) is 42.2 Å².